The van der Waals surface area contributed by atoms with Crippen LogP contribution in [0.2, 0.25) is 0 Å². The summed E-state index contributed by atoms with van der Waals surface area (Å²) < 4.78 is 5.34. The molecule has 0 radical (unpaired) electrons. The van der Waals surface area contributed by atoms with E-state index in [2.05, 4.69) is 25.2 Å². The third kappa shape index (κ3) is 3.64. The Morgan fingerprint density at radius 3 is 2.74 bits per heavy atom. The van der Waals surface area contributed by atoms with Crippen LogP contribution < -0.4 is 10.1 Å². The van der Waals surface area contributed by atoms with E-state index in [9.17, 15) is 0 Å². The molecule has 0 saturated heterocycles. The number of anilines is 1. The van der Waals surface area contributed by atoms with E-state index < -0.39 is 0 Å². The van der Waals surface area contributed by atoms with Crippen molar-refractivity contribution in [2.75, 3.05) is 11.9 Å². The van der Waals surface area contributed by atoms with Gasteiger partial charge in [-0.2, -0.15) is 5.26 Å². The zero-order valence-corrected chi connectivity index (χ0v) is 11.7. The lowest BCUT2D eigenvalue weighted by Gasteiger charge is -2.36. The summed E-state index contributed by atoms with van der Waals surface area (Å²) in [5.41, 5.74) is 1.08. The van der Waals surface area contributed by atoms with Crippen molar-refractivity contribution in [1.82, 2.24) is 0 Å². The fourth-order valence-corrected chi connectivity index (χ4v) is 2.95. The van der Waals surface area contributed by atoms with Gasteiger partial charge in [-0.15, -0.1) is 0 Å². The molecule has 2 rings (SSSR count). The highest BCUT2D eigenvalue weighted by Gasteiger charge is 2.27. The monoisotopic (exact) mass is 258 g/mol. The number of ether oxygens (including phenoxy) is 1. The summed E-state index contributed by atoms with van der Waals surface area (Å²) in [7, 11) is 0. The van der Waals surface area contributed by atoms with Gasteiger partial charge >= 0.3 is 0 Å². The summed E-state index contributed by atoms with van der Waals surface area (Å²) in [5, 5.41) is 12.2. The first kappa shape index (κ1) is 13.7. The molecule has 1 N–H and O–H groups in total. The number of hydrogen-bond donors (Lipinski definition) is 1. The van der Waals surface area contributed by atoms with Gasteiger partial charge in [-0.3, -0.25) is 0 Å². The first-order chi connectivity index (χ1) is 9.20. The molecule has 0 bridgehead atoms. The van der Waals surface area contributed by atoms with Crippen LogP contribution in [0.5, 0.6) is 5.75 Å². The van der Waals surface area contributed by atoms with Gasteiger partial charge in [-0.05, 0) is 36.8 Å². The molecule has 3 nitrogen and oxygen atoms in total. The Morgan fingerprint density at radius 1 is 1.32 bits per heavy atom. The predicted octanol–water partition coefficient (Wildman–Crippen LogP) is 3.83. The van der Waals surface area contributed by atoms with Crippen molar-refractivity contribution in [3.63, 3.8) is 0 Å². The summed E-state index contributed by atoms with van der Waals surface area (Å²) in [6, 6.07) is 10.4. The van der Waals surface area contributed by atoms with Crippen LogP contribution in [-0.4, -0.2) is 12.6 Å². The Hall–Kier alpha value is -1.69. The fourth-order valence-electron chi connectivity index (χ4n) is 2.95. The lowest BCUT2D eigenvalue weighted by molar-refractivity contribution is 0.268. The number of nitrogens with zero attached hydrogens (tertiary/aromatic N) is 1. The average molecular weight is 258 g/mol. The number of rotatable bonds is 4. The highest BCUT2D eigenvalue weighted by Crippen LogP contribution is 2.31. The summed E-state index contributed by atoms with van der Waals surface area (Å²) in [4.78, 5) is 0. The van der Waals surface area contributed by atoms with E-state index in [1.807, 2.05) is 24.3 Å². The summed E-state index contributed by atoms with van der Waals surface area (Å²) in [6.45, 7) is 4.74. The Morgan fingerprint density at radius 2 is 2.05 bits per heavy atom. The minimum atomic E-state index is 0.0969. The number of nitriles is 1. The minimum absolute atomic E-state index is 0.0969. The molecule has 0 amide bonds. The topological polar surface area (TPSA) is 45.0 Å². The smallest absolute Gasteiger partial charge is 0.174 e. The summed E-state index contributed by atoms with van der Waals surface area (Å²) >= 11 is 0. The molecule has 0 spiro atoms. The van der Waals surface area contributed by atoms with E-state index in [0.717, 1.165) is 11.4 Å². The Labute approximate surface area is 115 Å². The molecule has 3 heteroatoms. The zero-order chi connectivity index (χ0) is 13.7. The third-order valence-corrected chi connectivity index (χ3v) is 4.02. The van der Waals surface area contributed by atoms with Gasteiger partial charge in [0.2, 0.25) is 0 Å². The summed E-state index contributed by atoms with van der Waals surface area (Å²) in [5.74, 6) is 2.16. The number of nitrogens with one attached hydrogen (secondary N) is 1. The van der Waals surface area contributed by atoms with Gasteiger partial charge in [-0.25, -0.2) is 0 Å². The zero-order valence-electron chi connectivity index (χ0n) is 11.7. The number of hydrogen-bond acceptors (Lipinski definition) is 3. The first-order valence-electron chi connectivity index (χ1n) is 7.07. The molecule has 102 valence electrons. The van der Waals surface area contributed by atoms with Crippen LogP contribution in [0.1, 0.15) is 33.1 Å². The van der Waals surface area contributed by atoms with Gasteiger partial charge in [0.1, 0.15) is 11.8 Å². The second kappa shape index (κ2) is 6.47. The van der Waals surface area contributed by atoms with Gasteiger partial charge in [0.05, 0.1) is 0 Å². The van der Waals surface area contributed by atoms with Crippen molar-refractivity contribution in [1.29, 1.82) is 5.26 Å². The van der Waals surface area contributed by atoms with Crippen molar-refractivity contribution >= 4 is 5.69 Å². The van der Waals surface area contributed by atoms with E-state index in [1.54, 1.807) is 0 Å². The van der Waals surface area contributed by atoms with Crippen LogP contribution in [0.25, 0.3) is 0 Å². The van der Waals surface area contributed by atoms with Crippen molar-refractivity contribution in [3.8, 4) is 11.8 Å². The SMILES string of the molecule is CC1CCCC(C)C1Nc1cccc(OCC#N)c1. The van der Waals surface area contributed by atoms with E-state index in [4.69, 9.17) is 10.00 Å². The third-order valence-electron chi connectivity index (χ3n) is 4.02. The quantitative estimate of drug-likeness (QED) is 0.892. The van der Waals surface area contributed by atoms with Crippen LogP contribution in [0.15, 0.2) is 24.3 Å². The van der Waals surface area contributed by atoms with Crippen LogP contribution in [0.3, 0.4) is 0 Å². The molecule has 1 saturated carbocycles. The van der Waals surface area contributed by atoms with Crippen LogP contribution in [0.4, 0.5) is 5.69 Å². The average Bonchev–Trinajstić information content (AvgIpc) is 2.41. The van der Waals surface area contributed by atoms with Crippen molar-refractivity contribution < 1.29 is 4.74 Å². The Bertz CT molecular complexity index is 442. The molecular weight excluding hydrogens is 236 g/mol. The van der Waals surface area contributed by atoms with Gasteiger partial charge in [0.15, 0.2) is 6.61 Å². The Balaban J connectivity index is 2.03. The van der Waals surface area contributed by atoms with Crippen molar-refractivity contribution in [2.45, 2.75) is 39.2 Å². The molecule has 0 heterocycles. The molecule has 1 aromatic carbocycles. The maximum atomic E-state index is 8.54. The van der Waals surface area contributed by atoms with Gasteiger partial charge < -0.3 is 10.1 Å². The van der Waals surface area contributed by atoms with Crippen molar-refractivity contribution in [3.05, 3.63) is 24.3 Å². The molecule has 1 aromatic rings. The first-order valence-corrected chi connectivity index (χ1v) is 7.07. The molecule has 2 atom stereocenters. The molecule has 1 aliphatic rings. The number of benzene rings is 1. The lowest BCUT2D eigenvalue weighted by Crippen LogP contribution is -2.37. The standard InChI is InChI=1S/C16H22N2O/c1-12-5-3-6-13(2)16(12)18-14-7-4-8-15(11-14)19-10-9-17/h4,7-8,11-13,16,18H,3,5-6,10H2,1-2H3. The predicted molar refractivity (Wildman–Crippen MR) is 77.1 cm³/mol. The Kier molecular flexibility index (Phi) is 4.68. The normalized spacial score (nSPS) is 26.5. The minimum Gasteiger partial charge on any atom is -0.479 e. The largest absolute Gasteiger partial charge is 0.479 e. The lowest BCUT2D eigenvalue weighted by atomic mass is 9.78. The van der Waals surface area contributed by atoms with Crippen molar-refractivity contribution in [2.24, 2.45) is 11.8 Å². The van der Waals surface area contributed by atoms with Crippen LogP contribution in [-0.2, 0) is 0 Å². The highest BCUT2D eigenvalue weighted by atomic mass is 16.5. The van der Waals surface area contributed by atoms with Gasteiger partial charge in [0.25, 0.3) is 0 Å². The van der Waals surface area contributed by atoms with E-state index >= 15 is 0 Å². The maximum Gasteiger partial charge on any atom is 0.174 e. The van der Waals surface area contributed by atoms with Gasteiger partial charge in [0, 0.05) is 17.8 Å². The van der Waals surface area contributed by atoms with Crippen LogP contribution in [0, 0.1) is 23.2 Å². The molecule has 0 aliphatic heterocycles. The maximum absolute atomic E-state index is 8.54. The van der Waals surface area contributed by atoms with E-state index in [1.165, 1.54) is 19.3 Å². The molecule has 0 aromatic heterocycles. The molecule has 1 fully saturated rings. The summed E-state index contributed by atoms with van der Waals surface area (Å²) in [6.07, 6.45) is 3.94. The molecule has 1 aliphatic carbocycles. The van der Waals surface area contributed by atoms with Gasteiger partial charge in [-0.1, -0.05) is 26.3 Å². The molecule has 2 unspecified atom stereocenters. The highest BCUT2D eigenvalue weighted by molar-refractivity contribution is 5.49. The second-order valence-corrected chi connectivity index (χ2v) is 5.53. The van der Waals surface area contributed by atoms with E-state index in [-0.39, 0.29) is 6.61 Å². The molecular formula is C16H22N2O. The fraction of sp³-hybridized carbons (Fsp3) is 0.562. The van der Waals surface area contributed by atoms with Crippen LogP contribution >= 0.6 is 0 Å². The molecule has 19 heavy (non-hydrogen) atoms. The second-order valence-electron chi connectivity index (χ2n) is 5.53. The van der Waals surface area contributed by atoms with E-state index in [0.29, 0.717) is 17.9 Å².